The van der Waals surface area contributed by atoms with Gasteiger partial charge in [0.15, 0.2) is 5.79 Å². The highest BCUT2D eigenvalue weighted by Gasteiger charge is 2.67. The number of hydrogen-bond acceptors (Lipinski definition) is 5. The predicted molar refractivity (Wildman–Crippen MR) is 141 cm³/mol. The Labute approximate surface area is 219 Å². The van der Waals surface area contributed by atoms with Crippen molar-refractivity contribution in [3.05, 3.63) is 0 Å². The lowest BCUT2D eigenvalue weighted by molar-refractivity contribution is -0.269. The molecule has 0 aliphatic heterocycles. The van der Waals surface area contributed by atoms with Crippen LogP contribution in [0.5, 0.6) is 0 Å². The zero-order valence-corrected chi connectivity index (χ0v) is 23.8. The summed E-state index contributed by atoms with van der Waals surface area (Å²) in [6, 6.07) is 0. The summed E-state index contributed by atoms with van der Waals surface area (Å²) in [6.45, 7) is 9.14. The van der Waals surface area contributed by atoms with Crippen LogP contribution in [-0.4, -0.2) is 53.6 Å². The molecular formula is C31H54O5. The second kappa shape index (κ2) is 9.47. The second-order valence-electron chi connectivity index (χ2n) is 14.6. The van der Waals surface area contributed by atoms with Crippen molar-refractivity contribution >= 4 is 0 Å². The molecule has 0 amide bonds. The van der Waals surface area contributed by atoms with Gasteiger partial charge in [-0.2, -0.15) is 0 Å². The average Bonchev–Trinajstić information content (AvgIpc) is 3.45. The molecule has 0 aromatic carbocycles. The van der Waals surface area contributed by atoms with Gasteiger partial charge >= 0.3 is 0 Å². The molecule has 0 saturated heterocycles. The molecule has 0 aromatic rings. The minimum atomic E-state index is -0.847. The fraction of sp³-hybridized carbons (Fsp3) is 1.00. The summed E-state index contributed by atoms with van der Waals surface area (Å²) in [5.41, 5.74) is -1.25. The van der Waals surface area contributed by atoms with Crippen LogP contribution >= 0.6 is 0 Å². The maximum atomic E-state index is 11.9. The summed E-state index contributed by atoms with van der Waals surface area (Å²) >= 11 is 0. The van der Waals surface area contributed by atoms with Crippen LogP contribution in [0.1, 0.15) is 98.3 Å². The van der Waals surface area contributed by atoms with Crippen LogP contribution in [0.3, 0.4) is 0 Å². The fourth-order valence-corrected chi connectivity index (χ4v) is 10.7. The van der Waals surface area contributed by atoms with Crippen molar-refractivity contribution in [1.82, 2.24) is 0 Å². The molecule has 0 aromatic heterocycles. The first-order chi connectivity index (χ1) is 17.0. The topological polar surface area (TPSA) is 79.2 Å². The zero-order chi connectivity index (χ0) is 26.1. The molecule has 12 atom stereocenters. The monoisotopic (exact) mass is 506 g/mol. The zero-order valence-electron chi connectivity index (χ0n) is 23.8. The van der Waals surface area contributed by atoms with E-state index in [1.807, 2.05) is 6.92 Å². The van der Waals surface area contributed by atoms with Gasteiger partial charge in [-0.1, -0.05) is 20.8 Å². The van der Waals surface area contributed by atoms with Gasteiger partial charge in [0.1, 0.15) is 0 Å². The van der Waals surface area contributed by atoms with Crippen molar-refractivity contribution in [3.8, 4) is 0 Å². The summed E-state index contributed by atoms with van der Waals surface area (Å²) in [6.07, 6.45) is 10.5. The summed E-state index contributed by atoms with van der Waals surface area (Å²) < 4.78 is 11.7. The molecule has 5 saturated carbocycles. The van der Waals surface area contributed by atoms with Crippen LogP contribution in [0, 0.1) is 58.2 Å². The van der Waals surface area contributed by atoms with Crippen LogP contribution < -0.4 is 0 Å². The van der Waals surface area contributed by atoms with Crippen LogP contribution in [0.25, 0.3) is 0 Å². The van der Waals surface area contributed by atoms with Gasteiger partial charge in [0, 0.05) is 32.5 Å². The van der Waals surface area contributed by atoms with Crippen LogP contribution in [0.4, 0.5) is 0 Å². The highest BCUT2D eigenvalue weighted by atomic mass is 16.7. The molecule has 5 nitrogen and oxygen atoms in total. The molecule has 5 fully saturated rings. The summed E-state index contributed by atoms with van der Waals surface area (Å²) in [7, 11) is 3.54. The first kappa shape index (κ1) is 27.4. The normalized spacial score (nSPS) is 49.9. The minimum Gasteiger partial charge on any atom is -0.396 e. The van der Waals surface area contributed by atoms with Gasteiger partial charge in [-0.05, 0) is 117 Å². The van der Waals surface area contributed by atoms with Crippen molar-refractivity contribution in [2.24, 2.45) is 58.2 Å². The molecule has 5 heteroatoms. The minimum absolute atomic E-state index is 0.00527. The van der Waals surface area contributed by atoms with Gasteiger partial charge in [0.05, 0.1) is 18.3 Å². The molecule has 5 aliphatic carbocycles. The molecule has 5 aliphatic rings. The Morgan fingerprint density at radius 1 is 1.03 bits per heavy atom. The smallest absolute Gasteiger partial charge is 0.167 e. The Kier molecular flexibility index (Phi) is 7.20. The quantitative estimate of drug-likeness (QED) is 0.384. The van der Waals surface area contributed by atoms with Crippen LogP contribution in [0.15, 0.2) is 0 Å². The standard InChI is InChI=1S/C31H54O5/c1-19(23-15-20(23)2)11-12-29(4,34)26-10-9-24-22-8-7-21-17-30(35-5,36-6)14-13-28(21,3)25(22)16-27(33)31(24,26)18-32/h19-27,32-34H,7-18H2,1-6H3. The Morgan fingerprint density at radius 2 is 1.72 bits per heavy atom. The van der Waals surface area contributed by atoms with Crippen LogP contribution in [0.2, 0.25) is 0 Å². The molecule has 36 heavy (non-hydrogen) atoms. The highest BCUT2D eigenvalue weighted by Crippen LogP contribution is 2.69. The Hall–Kier alpha value is -0.200. The van der Waals surface area contributed by atoms with Gasteiger partial charge in [0.25, 0.3) is 0 Å². The maximum absolute atomic E-state index is 11.9. The van der Waals surface area contributed by atoms with E-state index in [1.165, 1.54) is 12.8 Å². The SMILES string of the molecule is COC1(OC)CCC2(C)C(CCC3C2CC(O)C2(CO)C3CCC2C(C)(O)CCC(C)C2CC2C)C1. The Balaban J connectivity index is 1.36. The summed E-state index contributed by atoms with van der Waals surface area (Å²) in [4.78, 5) is 0. The third-order valence-corrected chi connectivity index (χ3v) is 13.2. The summed E-state index contributed by atoms with van der Waals surface area (Å²) in [5.74, 6) is 3.59. The summed E-state index contributed by atoms with van der Waals surface area (Å²) in [5, 5.41) is 34.8. The number of rotatable bonds is 8. The van der Waals surface area contributed by atoms with Crippen molar-refractivity contribution in [2.75, 3.05) is 20.8 Å². The van der Waals surface area contributed by atoms with Crippen molar-refractivity contribution in [2.45, 2.75) is 116 Å². The molecule has 12 unspecified atom stereocenters. The number of fused-ring (bicyclic) bond motifs is 5. The highest BCUT2D eigenvalue weighted by molar-refractivity contribution is 5.16. The Bertz CT molecular complexity index is 794. The van der Waals surface area contributed by atoms with E-state index in [-0.39, 0.29) is 17.9 Å². The molecule has 208 valence electrons. The van der Waals surface area contributed by atoms with E-state index in [4.69, 9.17) is 9.47 Å². The number of aliphatic hydroxyl groups excluding tert-OH is 2. The lowest BCUT2D eigenvalue weighted by Gasteiger charge is -2.64. The first-order valence-electron chi connectivity index (χ1n) is 15.1. The molecule has 0 spiro atoms. The number of ether oxygens (including phenoxy) is 2. The Morgan fingerprint density at radius 3 is 2.33 bits per heavy atom. The number of methoxy groups -OCH3 is 2. The first-order valence-corrected chi connectivity index (χ1v) is 15.1. The molecule has 0 radical (unpaired) electrons. The second-order valence-corrected chi connectivity index (χ2v) is 14.6. The largest absolute Gasteiger partial charge is 0.396 e. The van der Waals surface area contributed by atoms with E-state index in [9.17, 15) is 15.3 Å². The predicted octanol–water partition coefficient (Wildman–Crippen LogP) is 5.40. The van der Waals surface area contributed by atoms with E-state index in [1.54, 1.807) is 14.2 Å². The lowest BCUT2D eigenvalue weighted by atomic mass is 9.43. The van der Waals surface area contributed by atoms with Crippen molar-refractivity contribution < 1.29 is 24.8 Å². The van der Waals surface area contributed by atoms with Gasteiger partial charge in [-0.3, -0.25) is 0 Å². The number of hydrogen-bond donors (Lipinski definition) is 3. The van der Waals surface area contributed by atoms with E-state index in [0.29, 0.717) is 29.6 Å². The van der Waals surface area contributed by atoms with E-state index >= 15 is 0 Å². The van der Waals surface area contributed by atoms with Gasteiger partial charge in [0.2, 0.25) is 0 Å². The van der Waals surface area contributed by atoms with Crippen molar-refractivity contribution in [1.29, 1.82) is 0 Å². The van der Waals surface area contributed by atoms with E-state index in [2.05, 4.69) is 20.8 Å². The average molecular weight is 507 g/mol. The molecule has 5 rings (SSSR count). The maximum Gasteiger partial charge on any atom is 0.167 e. The molecular weight excluding hydrogens is 452 g/mol. The molecule has 3 N–H and O–H groups in total. The fourth-order valence-electron chi connectivity index (χ4n) is 10.7. The van der Waals surface area contributed by atoms with Gasteiger partial charge in [-0.25, -0.2) is 0 Å². The molecule has 0 heterocycles. The van der Waals surface area contributed by atoms with Crippen molar-refractivity contribution in [3.63, 3.8) is 0 Å². The van der Waals surface area contributed by atoms with Gasteiger partial charge < -0.3 is 24.8 Å². The lowest BCUT2D eigenvalue weighted by Crippen LogP contribution is -2.63. The van der Waals surface area contributed by atoms with E-state index in [0.717, 1.165) is 69.6 Å². The van der Waals surface area contributed by atoms with Crippen LogP contribution in [-0.2, 0) is 9.47 Å². The third-order valence-electron chi connectivity index (χ3n) is 13.2. The van der Waals surface area contributed by atoms with Gasteiger partial charge in [-0.15, -0.1) is 0 Å². The van der Waals surface area contributed by atoms with E-state index < -0.39 is 22.9 Å². The molecule has 0 bridgehead atoms. The number of aliphatic hydroxyl groups is 3. The third kappa shape index (κ3) is 4.05.